The molecule has 1 aromatic carbocycles. The van der Waals surface area contributed by atoms with Gasteiger partial charge in [0.2, 0.25) is 0 Å². The molecular formula is C18H20Cl2O. The molecule has 0 N–H and O–H groups in total. The Labute approximate surface area is 136 Å². The van der Waals surface area contributed by atoms with Gasteiger partial charge >= 0.3 is 0 Å². The van der Waals surface area contributed by atoms with E-state index in [9.17, 15) is 4.79 Å². The summed E-state index contributed by atoms with van der Waals surface area (Å²) in [5.74, 6) is 2.81. The fourth-order valence-corrected chi connectivity index (χ4v) is 5.87. The van der Waals surface area contributed by atoms with Crippen LogP contribution in [0.15, 0.2) is 18.2 Å². The van der Waals surface area contributed by atoms with Gasteiger partial charge in [-0.1, -0.05) is 23.2 Å². The first-order valence-corrected chi connectivity index (χ1v) is 8.77. The smallest absolute Gasteiger partial charge is 0.143 e. The minimum Gasteiger partial charge on any atom is -0.299 e. The molecule has 21 heavy (non-hydrogen) atoms. The Hall–Kier alpha value is -0.530. The molecule has 112 valence electrons. The van der Waals surface area contributed by atoms with Crippen molar-refractivity contribution in [2.24, 2.45) is 23.2 Å². The van der Waals surface area contributed by atoms with Crippen molar-refractivity contribution in [3.63, 3.8) is 0 Å². The summed E-state index contributed by atoms with van der Waals surface area (Å²) in [6.07, 6.45) is 7.91. The van der Waals surface area contributed by atoms with Crippen molar-refractivity contribution >= 4 is 29.0 Å². The van der Waals surface area contributed by atoms with E-state index in [4.69, 9.17) is 23.2 Å². The second-order valence-corrected chi connectivity index (χ2v) is 8.38. The molecule has 0 heterocycles. The highest BCUT2D eigenvalue weighted by Crippen LogP contribution is 2.60. The summed E-state index contributed by atoms with van der Waals surface area (Å²) in [6, 6.07) is 5.43. The summed E-state index contributed by atoms with van der Waals surface area (Å²) < 4.78 is 0. The number of hydrogen-bond donors (Lipinski definition) is 0. The lowest BCUT2D eigenvalue weighted by Gasteiger charge is -2.56. The molecule has 0 saturated heterocycles. The number of carbonyl (C=O) groups is 1. The Morgan fingerprint density at radius 1 is 1.05 bits per heavy atom. The van der Waals surface area contributed by atoms with Crippen LogP contribution in [-0.2, 0) is 11.2 Å². The number of rotatable bonds is 3. The Kier molecular flexibility index (Phi) is 3.35. The summed E-state index contributed by atoms with van der Waals surface area (Å²) in [4.78, 5) is 13.0. The first-order chi connectivity index (χ1) is 10.0. The van der Waals surface area contributed by atoms with Crippen LogP contribution in [0.5, 0.6) is 0 Å². The van der Waals surface area contributed by atoms with Crippen molar-refractivity contribution in [1.82, 2.24) is 0 Å². The Balaban J connectivity index is 1.59. The molecule has 0 amide bonds. The Morgan fingerprint density at radius 3 is 2.19 bits per heavy atom. The van der Waals surface area contributed by atoms with Gasteiger partial charge in [-0.2, -0.15) is 0 Å². The lowest BCUT2D eigenvalue weighted by Crippen LogP contribution is -2.50. The maximum absolute atomic E-state index is 13.0. The maximum atomic E-state index is 13.0. The fraction of sp³-hybridized carbons (Fsp3) is 0.611. The molecule has 3 heteroatoms. The molecular weight excluding hydrogens is 303 g/mol. The van der Waals surface area contributed by atoms with E-state index in [1.54, 1.807) is 12.1 Å². The second kappa shape index (κ2) is 4.99. The van der Waals surface area contributed by atoms with E-state index in [-0.39, 0.29) is 5.41 Å². The highest BCUT2D eigenvalue weighted by Gasteiger charge is 2.54. The molecule has 0 aliphatic heterocycles. The average Bonchev–Trinajstić information content (AvgIpc) is 2.41. The zero-order valence-corrected chi connectivity index (χ0v) is 13.6. The number of halogens is 2. The summed E-state index contributed by atoms with van der Waals surface area (Å²) in [5, 5.41) is 1.32. The molecule has 4 aliphatic carbocycles. The van der Waals surface area contributed by atoms with E-state index in [0.29, 0.717) is 22.2 Å². The van der Waals surface area contributed by atoms with Gasteiger partial charge in [0.1, 0.15) is 5.78 Å². The van der Waals surface area contributed by atoms with E-state index in [1.165, 1.54) is 19.3 Å². The molecule has 0 radical (unpaired) electrons. The van der Waals surface area contributed by atoms with Gasteiger partial charge in [-0.05, 0) is 80.0 Å². The molecule has 1 nitrogen and oxygen atoms in total. The zero-order valence-electron chi connectivity index (χ0n) is 12.1. The lowest BCUT2D eigenvalue weighted by molar-refractivity contribution is -0.143. The SMILES string of the molecule is O=C(Cc1cc(Cl)ccc1Cl)C12CC3CC(CC(C3)C1)C2. The molecule has 4 bridgehead atoms. The van der Waals surface area contributed by atoms with Crippen molar-refractivity contribution < 1.29 is 4.79 Å². The van der Waals surface area contributed by atoms with Crippen molar-refractivity contribution in [3.05, 3.63) is 33.8 Å². The van der Waals surface area contributed by atoms with Gasteiger partial charge in [0, 0.05) is 21.9 Å². The molecule has 0 atom stereocenters. The first-order valence-electron chi connectivity index (χ1n) is 8.01. The molecule has 0 aromatic heterocycles. The van der Waals surface area contributed by atoms with Gasteiger partial charge in [-0.25, -0.2) is 0 Å². The Bertz CT molecular complexity index is 558. The minimum atomic E-state index is -0.0413. The van der Waals surface area contributed by atoms with E-state index in [1.807, 2.05) is 6.07 Å². The molecule has 5 rings (SSSR count). The summed E-state index contributed by atoms with van der Waals surface area (Å²) in [5.41, 5.74) is 0.852. The van der Waals surface area contributed by atoms with E-state index in [0.717, 1.165) is 42.6 Å². The van der Waals surface area contributed by atoms with Crippen molar-refractivity contribution in [3.8, 4) is 0 Å². The molecule has 4 fully saturated rings. The van der Waals surface area contributed by atoms with Crippen molar-refractivity contribution in [2.45, 2.75) is 44.9 Å². The van der Waals surface area contributed by atoms with Crippen LogP contribution in [0.4, 0.5) is 0 Å². The van der Waals surface area contributed by atoms with Gasteiger partial charge in [-0.3, -0.25) is 4.79 Å². The predicted octanol–water partition coefficient (Wildman–Crippen LogP) is 5.32. The van der Waals surface area contributed by atoms with Crippen LogP contribution in [0.1, 0.15) is 44.1 Å². The van der Waals surface area contributed by atoms with Crippen LogP contribution in [0.25, 0.3) is 0 Å². The molecule has 0 spiro atoms. The van der Waals surface area contributed by atoms with Crippen LogP contribution in [0, 0.1) is 23.2 Å². The summed E-state index contributed by atoms with van der Waals surface area (Å²) in [6.45, 7) is 0. The third kappa shape index (κ3) is 2.43. The third-order valence-corrected chi connectivity index (χ3v) is 6.59. The Morgan fingerprint density at radius 2 is 1.62 bits per heavy atom. The highest BCUT2D eigenvalue weighted by atomic mass is 35.5. The van der Waals surface area contributed by atoms with Crippen LogP contribution in [0.2, 0.25) is 10.0 Å². The van der Waals surface area contributed by atoms with E-state index in [2.05, 4.69) is 0 Å². The lowest BCUT2D eigenvalue weighted by atomic mass is 9.48. The van der Waals surface area contributed by atoms with Crippen molar-refractivity contribution in [1.29, 1.82) is 0 Å². The van der Waals surface area contributed by atoms with Gasteiger partial charge in [0.25, 0.3) is 0 Å². The predicted molar refractivity (Wildman–Crippen MR) is 85.8 cm³/mol. The topological polar surface area (TPSA) is 17.1 Å². The average molecular weight is 323 g/mol. The normalized spacial score (nSPS) is 37.0. The largest absolute Gasteiger partial charge is 0.299 e. The second-order valence-electron chi connectivity index (χ2n) is 7.53. The number of benzene rings is 1. The van der Waals surface area contributed by atoms with Crippen LogP contribution >= 0.6 is 23.2 Å². The van der Waals surface area contributed by atoms with Gasteiger partial charge in [-0.15, -0.1) is 0 Å². The number of ketones is 1. The number of hydrogen-bond acceptors (Lipinski definition) is 1. The molecule has 4 aliphatic rings. The number of Topliss-reactive ketones (excluding diaryl/α,β-unsaturated/α-hetero) is 1. The minimum absolute atomic E-state index is 0.0413. The van der Waals surface area contributed by atoms with Gasteiger partial charge in [0.05, 0.1) is 0 Å². The molecule has 4 saturated carbocycles. The van der Waals surface area contributed by atoms with Crippen molar-refractivity contribution in [2.75, 3.05) is 0 Å². The van der Waals surface area contributed by atoms with Crippen LogP contribution < -0.4 is 0 Å². The van der Waals surface area contributed by atoms with E-state index < -0.39 is 0 Å². The number of carbonyl (C=O) groups excluding carboxylic acids is 1. The maximum Gasteiger partial charge on any atom is 0.143 e. The quantitative estimate of drug-likeness (QED) is 0.735. The van der Waals surface area contributed by atoms with E-state index >= 15 is 0 Å². The monoisotopic (exact) mass is 322 g/mol. The fourth-order valence-electron chi connectivity index (χ4n) is 5.49. The summed E-state index contributed by atoms with van der Waals surface area (Å²) in [7, 11) is 0. The summed E-state index contributed by atoms with van der Waals surface area (Å²) >= 11 is 12.3. The van der Waals surface area contributed by atoms with Crippen LogP contribution in [-0.4, -0.2) is 5.78 Å². The van der Waals surface area contributed by atoms with Gasteiger partial charge in [0.15, 0.2) is 0 Å². The van der Waals surface area contributed by atoms with Gasteiger partial charge < -0.3 is 0 Å². The highest BCUT2D eigenvalue weighted by molar-refractivity contribution is 6.33. The van der Waals surface area contributed by atoms with Crippen LogP contribution in [0.3, 0.4) is 0 Å². The zero-order chi connectivity index (χ0) is 14.6. The standard InChI is InChI=1S/C18H20Cl2O/c19-15-1-2-16(20)14(6-15)7-17(21)18-8-11-3-12(9-18)5-13(4-11)10-18/h1-2,6,11-13H,3-5,7-10H2. The molecule has 1 aromatic rings. The molecule has 0 unspecified atom stereocenters. The first kappa shape index (κ1) is 14.1. The third-order valence-electron chi connectivity index (χ3n) is 5.99.